The topological polar surface area (TPSA) is 47.0 Å². The Bertz CT molecular complexity index is 824. The molecular weight excluding hydrogens is 317 g/mol. The molecule has 2 aromatic carbocycles. The summed E-state index contributed by atoms with van der Waals surface area (Å²) in [5, 5.41) is 11.4. The van der Waals surface area contributed by atoms with Gasteiger partial charge in [0.25, 0.3) is 0 Å². The normalized spacial score (nSPS) is 10.4. The molecule has 3 aromatic rings. The maximum atomic E-state index is 13.1. The molecule has 0 unspecified atom stereocenters. The fourth-order valence-electron chi connectivity index (χ4n) is 2.12. The monoisotopic (exact) mass is 329 g/mol. The molecule has 0 aliphatic rings. The zero-order chi connectivity index (χ0) is 16.2. The van der Waals surface area contributed by atoms with Crippen LogP contribution >= 0.6 is 11.6 Å². The Morgan fingerprint density at radius 2 is 1.87 bits per heavy atom. The van der Waals surface area contributed by atoms with Crippen molar-refractivity contribution in [3.8, 4) is 17.0 Å². The molecule has 3 rings (SSSR count). The third-order valence-electron chi connectivity index (χ3n) is 3.24. The van der Waals surface area contributed by atoms with Gasteiger partial charge in [-0.2, -0.15) is 0 Å². The van der Waals surface area contributed by atoms with E-state index in [1.54, 1.807) is 19.2 Å². The molecule has 0 fully saturated rings. The molecule has 0 aliphatic heterocycles. The van der Waals surface area contributed by atoms with Crippen LogP contribution in [0.5, 0.6) is 5.75 Å². The molecule has 0 aliphatic carbocycles. The van der Waals surface area contributed by atoms with Crippen LogP contribution in [0, 0.1) is 5.82 Å². The molecule has 23 heavy (non-hydrogen) atoms. The number of ether oxygens (including phenoxy) is 1. The molecule has 0 saturated carbocycles. The molecule has 1 aromatic heterocycles. The number of hydrogen-bond donors (Lipinski definition) is 1. The highest BCUT2D eigenvalue weighted by Gasteiger charge is 2.07. The molecule has 1 N–H and O–H groups in total. The van der Waals surface area contributed by atoms with Crippen molar-refractivity contribution in [3.63, 3.8) is 0 Å². The first-order valence-corrected chi connectivity index (χ1v) is 7.24. The minimum atomic E-state index is -0.463. The SMILES string of the molecule is COc1ccccc1-c1ccc(Nc2ccc(F)c(Cl)c2)nn1. The lowest BCUT2D eigenvalue weighted by Gasteiger charge is -2.09. The minimum Gasteiger partial charge on any atom is -0.496 e. The molecule has 0 radical (unpaired) electrons. The van der Waals surface area contributed by atoms with Crippen LogP contribution in [0.15, 0.2) is 54.6 Å². The predicted octanol–water partition coefficient (Wildman–Crippen LogP) is 4.69. The number of benzene rings is 2. The van der Waals surface area contributed by atoms with Gasteiger partial charge in [-0.1, -0.05) is 23.7 Å². The zero-order valence-electron chi connectivity index (χ0n) is 12.3. The summed E-state index contributed by atoms with van der Waals surface area (Å²) < 4.78 is 18.5. The third kappa shape index (κ3) is 3.40. The van der Waals surface area contributed by atoms with Gasteiger partial charge >= 0.3 is 0 Å². The highest BCUT2D eigenvalue weighted by Crippen LogP contribution is 2.28. The summed E-state index contributed by atoms with van der Waals surface area (Å²) in [7, 11) is 1.61. The second kappa shape index (κ2) is 6.62. The first kappa shape index (κ1) is 15.2. The van der Waals surface area contributed by atoms with Crippen LogP contribution < -0.4 is 10.1 Å². The van der Waals surface area contributed by atoms with Gasteiger partial charge in [-0.05, 0) is 42.5 Å². The second-order valence-electron chi connectivity index (χ2n) is 4.76. The fraction of sp³-hybridized carbons (Fsp3) is 0.0588. The fourth-order valence-corrected chi connectivity index (χ4v) is 2.30. The van der Waals surface area contributed by atoms with Crippen molar-refractivity contribution in [2.45, 2.75) is 0 Å². The lowest BCUT2D eigenvalue weighted by molar-refractivity contribution is 0.416. The van der Waals surface area contributed by atoms with Gasteiger partial charge in [0.1, 0.15) is 11.6 Å². The lowest BCUT2D eigenvalue weighted by Crippen LogP contribution is -1.97. The first-order chi connectivity index (χ1) is 11.2. The maximum absolute atomic E-state index is 13.1. The van der Waals surface area contributed by atoms with Gasteiger partial charge in [-0.15, -0.1) is 10.2 Å². The number of anilines is 2. The molecule has 0 spiro atoms. The molecule has 0 saturated heterocycles. The Hall–Kier alpha value is -2.66. The highest BCUT2D eigenvalue weighted by molar-refractivity contribution is 6.31. The highest BCUT2D eigenvalue weighted by atomic mass is 35.5. The number of nitrogens with zero attached hydrogens (tertiary/aromatic N) is 2. The first-order valence-electron chi connectivity index (χ1n) is 6.86. The molecule has 1 heterocycles. The van der Waals surface area contributed by atoms with Crippen molar-refractivity contribution >= 4 is 23.1 Å². The number of nitrogens with one attached hydrogen (secondary N) is 1. The smallest absolute Gasteiger partial charge is 0.153 e. The van der Waals surface area contributed by atoms with E-state index in [4.69, 9.17) is 16.3 Å². The van der Waals surface area contributed by atoms with Crippen LogP contribution in [0.3, 0.4) is 0 Å². The van der Waals surface area contributed by atoms with Gasteiger partial charge in [0.05, 0.1) is 17.8 Å². The maximum Gasteiger partial charge on any atom is 0.153 e. The molecular formula is C17H13ClFN3O. The van der Waals surface area contributed by atoms with E-state index >= 15 is 0 Å². The number of aromatic nitrogens is 2. The summed E-state index contributed by atoms with van der Waals surface area (Å²) in [4.78, 5) is 0. The number of methoxy groups -OCH3 is 1. The molecule has 4 nitrogen and oxygen atoms in total. The number of rotatable bonds is 4. The van der Waals surface area contributed by atoms with E-state index in [0.29, 0.717) is 17.2 Å². The van der Waals surface area contributed by atoms with E-state index in [0.717, 1.165) is 11.3 Å². The van der Waals surface area contributed by atoms with Crippen molar-refractivity contribution in [1.29, 1.82) is 0 Å². The summed E-state index contributed by atoms with van der Waals surface area (Å²) in [6.07, 6.45) is 0. The van der Waals surface area contributed by atoms with Gasteiger partial charge in [0.15, 0.2) is 5.82 Å². The minimum absolute atomic E-state index is 0.0496. The zero-order valence-corrected chi connectivity index (χ0v) is 13.0. The predicted molar refractivity (Wildman–Crippen MR) is 88.7 cm³/mol. The molecule has 0 amide bonds. The second-order valence-corrected chi connectivity index (χ2v) is 5.17. The molecule has 0 atom stereocenters. The summed E-state index contributed by atoms with van der Waals surface area (Å²) in [5.41, 5.74) is 2.19. The van der Waals surface area contributed by atoms with Crippen LogP contribution in [0.25, 0.3) is 11.3 Å². The quantitative estimate of drug-likeness (QED) is 0.754. The molecule has 6 heteroatoms. The Labute approximate surface area is 137 Å². The van der Waals surface area contributed by atoms with E-state index in [2.05, 4.69) is 15.5 Å². The van der Waals surface area contributed by atoms with Crippen molar-refractivity contribution in [2.75, 3.05) is 12.4 Å². The summed E-state index contributed by atoms with van der Waals surface area (Å²) >= 11 is 5.75. The Morgan fingerprint density at radius 3 is 2.57 bits per heavy atom. The standard InChI is InChI=1S/C17H13ClFN3O/c1-23-16-5-3-2-4-12(16)15-8-9-17(22-21-15)20-11-6-7-14(19)13(18)10-11/h2-10H,1H3,(H,20,22). The van der Waals surface area contributed by atoms with Gasteiger partial charge in [-0.25, -0.2) is 4.39 Å². The van der Waals surface area contributed by atoms with Crippen molar-refractivity contribution in [1.82, 2.24) is 10.2 Å². The van der Waals surface area contributed by atoms with E-state index < -0.39 is 5.82 Å². The summed E-state index contributed by atoms with van der Waals surface area (Å²) in [6, 6.07) is 15.6. The Morgan fingerprint density at radius 1 is 1.04 bits per heavy atom. The Balaban J connectivity index is 1.83. The number of hydrogen-bond acceptors (Lipinski definition) is 4. The third-order valence-corrected chi connectivity index (χ3v) is 3.53. The van der Waals surface area contributed by atoms with Crippen molar-refractivity contribution in [3.05, 3.63) is 65.4 Å². The van der Waals surface area contributed by atoms with Gasteiger partial charge in [0.2, 0.25) is 0 Å². The lowest BCUT2D eigenvalue weighted by atomic mass is 10.1. The Kier molecular flexibility index (Phi) is 4.39. The van der Waals surface area contributed by atoms with Crippen LogP contribution in [0.4, 0.5) is 15.9 Å². The van der Waals surface area contributed by atoms with Gasteiger partial charge < -0.3 is 10.1 Å². The van der Waals surface area contributed by atoms with Crippen molar-refractivity contribution in [2.24, 2.45) is 0 Å². The van der Waals surface area contributed by atoms with E-state index in [9.17, 15) is 4.39 Å². The van der Waals surface area contributed by atoms with Crippen LogP contribution in [0.1, 0.15) is 0 Å². The van der Waals surface area contributed by atoms with Crippen LogP contribution in [0.2, 0.25) is 5.02 Å². The summed E-state index contributed by atoms with van der Waals surface area (Å²) in [5.74, 6) is 0.800. The van der Waals surface area contributed by atoms with E-state index in [-0.39, 0.29) is 5.02 Å². The van der Waals surface area contributed by atoms with Gasteiger partial charge in [0, 0.05) is 11.3 Å². The number of para-hydroxylation sites is 1. The van der Waals surface area contributed by atoms with Crippen LogP contribution in [-0.4, -0.2) is 17.3 Å². The van der Waals surface area contributed by atoms with Gasteiger partial charge in [-0.3, -0.25) is 0 Å². The average Bonchev–Trinajstić information content (AvgIpc) is 2.59. The molecule has 116 valence electrons. The molecule has 0 bridgehead atoms. The van der Waals surface area contributed by atoms with E-state index in [1.165, 1.54) is 12.1 Å². The summed E-state index contributed by atoms with van der Waals surface area (Å²) in [6.45, 7) is 0. The van der Waals surface area contributed by atoms with Crippen molar-refractivity contribution < 1.29 is 9.13 Å². The largest absolute Gasteiger partial charge is 0.496 e. The van der Waals surface area contributed by atoms with Crippen LogP contribution in [-0.2, 0) is 0 Å². The average molecular weight is 330 g/mol. The number of halogens is 2. The van der Waals surface area contributed by atoms with E-state index in [1.807, 2.05) is 30.3 Å².